The minimum Gasteiger partial charge on any atom is -0.481 e. The van der Waals surface area contributed by atoms with Gasteiger partial charge in [0.25, 0.3) is 0 Å². The van der Waals surface area contributed by atoms with Crippen molar-refractivity contribution in [2.75, 3.05) is 0 Å². The molecule has 3 heterocycles. The minimum atomic E-state index is -0.798. The Morgan fingerprint density at radius 1 is 1.18 bits per heavy atom. The lowest BCUT2D eigenvalue weighted by Gasteiger charge is -2.21. The highest BCUT2D eigenvalue weighted by molar-refractivity contribution is 5.95. The number of hydrogen-bond donors (Lipinski definition) is 1. The average molecular weight is 380 g/mol. The molecule has 0 aliphatic heterocycles. The van der Waals surface area contributed by atoms with E-state index in [9.17, 15) is 9.90 Å². The lowest BCUT2D eigenvalue weighted by atomic mass is 9.87. The Kier molecular flexibility index (Phi) is 6.07. The number of carbonyl (C=O) groups is 1. The van der Waals surface area contributed by atoms with Crippen molar-refractivity contribution in [1.29, 1.82) is 0 Å². The summed E-state index contributed by atoms with van der Waals surface area (Å²) in [4.78, 5) is 20.8. The van der Waals surface area contributed by atoms with Crippen molar-refractivity contribution in [3.8, 4) is 11.1 Å². The molecule has 0 amide bonds. The molecule has 0 aliphatic carbocycles. The molecule has 1 N–H and O–H groups in total. The van der Waals surface area contributed by atoms with Gasteiger partial charge in [-0.3, -0.25) is 9.78 Å². The average Bonchev–Trinajstić information content (AvgIpc) is 3.09. The fourth-order valence-electron chi connectivity index (χ4n) is 3.90. The summed E-state index contributed by atoms with van der Waals surface area (Å²) in [6.07, 6.45) is 7.98. The summed E-state index contributed by atoms with van der Waals surface area (Å²) in [5.41, 5.74) is 5.98. The Morgan fingerprint density at radius 2 is 1.93 bits per heavy atom. The number of carboxylic acids is 1. The Bertz CT molecular complexity index is 990. The Balaban J connectivity index is 2.38. The van der Waals surface area contributed by atoms with Crippen molar-refractivity contribution >= 4 is 17.0 Å². The zero-order valence-electron chi connectivity index (χ0n) is 17.1. The number of nitrogens with zero attached hydrogens (tertiary/aromatic N) is 4. The second kappa shape index (κ2) is 8.50. The molecule has 0 atom stereocenters. The van der Waals surface area contributed by atoms with Gasteiger partial charge in [-0.2, -0.15) is 5.10 Å². The first kappa shape index (κ1) is 20.0. The van der Waals surface area contributed by atoms with Gasteiger partial charge in [-0.05, 0) is 50.3 Å². The van der Waals surface area contributed by atoms with Crippen LogP contribution in [0.3, 0.4) is 0 Å². The Morgan fingerprint density at radius 3 is 2.54 bits per heavy atom. The molecule has 0 bridgehead atoms. The fourth-order valence-corrected chi connectivity index (χ4v) is 3.90. The molecule has 0 aliphatic rings. The molecule has 3 aromatic rings. The van der Waals surface area contributed by atoms with Crippen LogP contribution in [-0.2, 0) is 17.8 Å². The molecule has 6 nitrogen and oxygen atoms in total. The lowest BCUT2D eigenvalue weighted by Crippen LogP contribution is -2.11. The van der Waals surface area contributed by atoms with E-state index in [0.717, 1.165) is 58.4 Å². The number of fused-ring (bicyclic) bond motifs is 1. The van der Waals surface area contributed by atoms with E-state index in [2.05, 4.69) is 36.9 Å². The molecular formula is C22H28N4O2. The third kappa shape index (κ3) is 3.77. The molecule has 0 fully saturated rings. The van der Waals surface area contributed by atoms with Crippen LogP contribution < -0.4 is 0 Å². The van der Waals surface area contributed by atoms with Gasteiger partial charge in [0.15, 0.2) is 5.65 Å². The Hall–Kier alpha value is -2.76. The molecule has 3 rings (SSSR count). The van der Waals surface area contributed by atoms with Gasteiger partial charge in [-0.1, -0.05) is 13.8 Å². The first-order valence-electron chi connectivity index (χ1n) is 10.0. The van der Waals surface area contributed by atoms with E-state index in [1.54, 1.807) is 0 Å². The zero-order valence-corrected chi connectivity index (χ0v) is 17.1. The number of aryl methyl sites for hydroxylation is 2. The van der Waals surface area contributed by atoms with Crippen LogP contribution in [0.1, 0.15) is 62.8 Å². The molecular weight excluding hydrogens is 352 g/mol. The summed E-state index contributed by atoms with van der Waals surface area (Å²) in [6, 6.07) is 2.10. The highest BCUT2D eigenvalue weighted by Crippen LogP contribution is 2.38. The van der Waals surface area contributed by atoms with Crippen LogP contribution in [0.5, 0.6) is 0 Å². The van der Waals surface area contributed by atoms with Crippen molar-refractivity contribution < 1.29 is 9.90 Å². The molecule has 0 saturated carbocycles. The van der Waals surface area contributed by atoms with Crippen molar-refractivity contribution in [2.45, 2.75) is 65.8 Å². The van der Waals surface area contributed by atoms with E-state index in [-0.39, 0.29) is 12.3 Å². The lowest BCUT2D eigenvalue weighted by molar-refractivity contribution is -0.136. The van der Waals surface area contributed by atoms with E-state index < -0.39 is 5.97 Å². The van der Waals surface area contributed by atoms with Gasteiger partial charge in [0, 0.05) is 53.5 Å². The van der Waals surface area contributed by atoms with Gasteiger partial charge in [-0.15, -0.1) is 0 Å². The predicted octanol–water partition coefficient (Wildman–Crippen LogP) is 4.74. The Labute approximate surface area is 165 Å². The van der Waals surface area contributed by atoms with E-state index in [1.165, 1.54) is 0 Å². The van der Waals surface area contributed by atoms with Crippen molar-refractivity contribution in [2.24, 2.45) is 0 Å². The van der Waals surface area contributed by atoms with Crippen LogP contribution >= 0.6 is 0 Å². The second-order valence-electron chi connectivity index (χ2n) is 7.21. The molecule has 0 aromatic carbocycles. The zero-order chi connectivity index (χ0) is 20.3. The van der Waals surface area contributed by atoms with Crippen LogP contribution in [-0.4, -0.2) is 30.8 Å². The predicted molar refractivity (Wildman–Crippen MR) is 110 cm³/mol. The number of aliphatic carboxylic acids is 1. The molecule has 28 heavy (non-hydrogen) atoms. The van der Waals surface area contributed by atoms with Gasteiger partial charge in [0.05, 0.1) is 6.20 Å². The van der Waals surface area contributed by atoms with Gasteiger partial charge in [-0.25, -0.2) is 9.67 Å². The number of rotatable bonds is 8. The summed E-state index contributed by atoms with van der Waals surface area (Å²) in [7, 11) is 0. The van der Waals surface area contributed by atoms with E-state index in [4.69, 9.17) is 4.98 Å². The van der Waals surface area contributed by atoms with Crippen LogP contribution in [0.4, 0.5) is 0 Å². The third-order valence-electron chi connectivity index (χ3n) is 5.34. The quantitative estimate of drug-likeness (QED) is 0.610. The highest BCUT2D eigenvalue weighted by Gasteiger charge is 2.23. The highest BCUT2D eigenvalue weighted by atomic mass is 16.4. The maximum Gasteiger partial charge on any atom is 0.303 e. The van der Waals surface area contributed by atoms with Crippen LogP contribution in [0.25, 0.3) is 22.2 Å². The number of pyridine rings is 2. The van der Waals surface area contributed by atoms with Gasteiger partial charge >= 0.3 is 5.97 Å². The third-order valence-corrected chi connectivity index (χ3v) is 5.34. The number of carboxylic acid groups (broad SMARTS) is 1. The standard InChI is InChI=1S/C22H28N4O2/c1-5-15(6-2)21-17(8-9-19(27)28)20(16-10-14(4)11-23-12-16)18-13-24-26(7-3)22(18)25-21/h10-13,15H,5-9H2,1-4H3,(H,27,28). The second-order valence-corrected chi connectivity index (χ2v) is 7.21. The monoisotopic (exact) mass is 380 g/mol. The summed E-state index contributed by atoms with van der Waals surface area (Å²) in [5.74, 6) is -0.516. The van der Waals surface area contributed by atoms with Crippen LogP contribution in [0, 0.1) is 6.92 Å². The molecule has 0 radical (unpaired) electrons. The van der Waals surface area contributed by atoms with E-state index >= 15 is 0 Å². The first-order chi connectivity index (χ1) is 13.5. The summed E-state index contributed by atoms with van der Waals surface area (Å²) >= 11 is 0. The minimum absolute atomic E-state index is 0.0779. The normalized spacial score (nSPS) is 11.5. The number of hydrogen-bond acceptors (Lipinski definition) is 4. The van der Waals surface area contributed by atoms with E-state index in [1.807, 2.05) is 30.2 Å². The molecule has 3 aromatic heterocycles. The van der Waals surface area contributed by atoms with Crippen molar-refractivity contribution in [3.05, 3.63) is 41.5 Å². The first-order valence-corrected chi connectivity index (χ1v) is 10.0. The maximum atomic E-state index is 11.4. The molecule has 0 spiro atoms. The summed E-state index contributed by atoms with van der Waals surface area (Å²) < 4.78 is 1.91. The van der Waals surface area contributed by atoms with Gasteiger partial charge in [0.2, 0.25) is 0 Å². The molecule has 0 saturated heterocycles. The van der Waals surface area contributed by atoms with E-state index in [0.29, 0.717) is 6.42 Å². The number of aromatic nitrogens is 4. The maximum absolute atomic E-state index is 11.4. The van der Waals surface area contributed by atoms with Crippen molar-refractivity contribution in [3.63, 3.8) is 0 Å². The fraction of sp³-hybridized carbons (Fsp3) is 0.455. The van der Waals surface area contributed by atoms with Crippen LogP contribution in [0.15, 0.2) is 24.7 Å². The largest absolute Gasteiger partial charge is 0.481 e. The SMILES string of the molecule is CCC(CC)c1nc2c(cnn2CC)c(-c2cncc(C)c2)c1CCC(=O)O. The molecule has 0 unspecified atom stereocenters. The molecule has 148 valence electrons. The van der Waals surface area contributed by atoms with Gasteiger partial charge in [0.1, 0.15) is 0 Å². The smallest absolute Gasteiger partial charge is 0.303 e. The summed E-state index contributed by atoms with van der Waals surface area (Å²) in [6.45, 7) is 9.12. The topological polar surface area (TPSA) is 80.9 Å². The summed E-state index contributed by atoms with van der Waals surface area (Å²) in [5, 5.41) is 14.8. The van der Waals surface area contributed by atoms with Crippen LogP contribution in [0.2, 0.25) is 0 Å². The molecule has 6 heteroatoms. The van der Waals surface area contributed by atoms with Gasteiger partial charge < -0.3 is 5.11 Å². The van der Waals surface area contributed by atoms with Crippen molar-refractivity contribution in [1.82, 2.24) is 19.7 Å².